The second kappa shape index (κ2) is 17.9. The van der Waals surface area contributed by atoms with Crippen LogP contribution in [0.4, 0.5) is 0 Å². The SMILES string of the molecule is CC/C=C\C/C=C\C/C=C\CCCCCCCC(=O)OC(CC(=O)O)C[N+](C)(C)C. The van der Waals surface area contributed by atoms with E-state index in [2.05, 4.69) is 43.4 Å². The van der Waals surface area contributed by atoms with E-state index in [1.54, 1.807) is 0 Å². The van der Waals surface area contributed by atoms with Gasteiger partial charge in [0.2, 0.25) is 0 Å². The van der Waals surface area contributed by atoms with E-state index in [1.807, 2.05) is 21.1 Å². The normalized spacial score (nSPS) is 13.5. The van der Waals surface area contributed by atoms with Gasteiger partial charge in [0.25, 0.3) is 0 Å². The highest BCUT2D eigenvalue weighted by atomic mass is 16.5. The number of hydrogen-bond acceptors (Lipinski definition) is 3. The van der Waals surface area contributed by atoms with E-state index in [4.69, 9.17) is 9.84 Å². The molecule has 0 aliphatic carbocycles. The van der Waals surface area contributed by atoms with Crippen molar-refractivity contribution in [3.8, 4) is 0 Å². The Kier molecular flexibility index (Phi) is 16.8. The van der Waals surface area contributed by atoms with Gasteiger partial charge >= 0.3 is 11.9 Å². The number of hydrogen-bond donors (Lipinski definition) is 1. The predicted octanol–water partition coefficient (Wildman–Crippen LogP) is 5.67. The Bertz CT molecular complexity index is 544. The average molecular weight is 423 g/mol. The molecule has 1 N–H and O–H groups in total. The number of carbonyl (C=O) groups excluding carboxylic acids is 1. The van der Waals surface area contributed by atoms with Gasteiger partial charge in [-0.15, -0.1) is 0 Å². The molecule has 0 rings (SSSR count). The summed E-state index contributed by atoms with van der Waals surface area (Å²) >= 11 is 0. The molecule has 5 heteroatoms. The van der Waals surface area contributed by atoms with Crippen molar-refractivity contribution in [2.75, 3.05) is 27.7 Å². The van der Waals surface area contributed by atoms with E-state index in [9.17, 15) is 9.59 Å². The van der Waals surface area contributed by atoms with Crippen molar-refractivity contribution in [2.45, 2.75) is 83.7 Å². The number of carbonyl (C=O) groups is 2. The van der Waals surface area contributed by atoms with Gasteiger partial charge in [-0.05, 0) is 38.5 Å². The molecule has 30 heavy (non-hydrogen) atoms. The number of carboxylic acids is 1. The first-order chi connectivity index (χ1) is 14.2. The minimum Gasteiger partial charge on any atom is -0.481 e. The summed E-state index contributed by atoms with van der Waals surface area (Å²) in [7, 11) is 5.88. The molecule has 0 aromatic rings. The highest BCUT2D eigenvalue weighted by molar-refractivity contribution is 5.71. The van der Waals surface area contributed by atoms with Crippen LogP contribution in [0.25, 0.3) is 0 Å². The molecule has 0 radical (unpaired) electrons. The van der Waals surface area contributed by atoms with E-state index in [-0.39, 0.29) is 12.4 Å². The third kappa shape index (κ3) is 20.8. The molecule has 0 aliphatic rings. The first-order valence-electron chi connectivity index (χ1n) is 11.4. The molecular weight excluding hydrogens is 378 g/mol. The van der Waals surface area contributed by atoms with Crippen LogP contribution in [-0.2, 0) is 14.3 Å². The lowest BCUT2D eigenvalue weighted by Gasteiger charge is -2.28. The minimum absolute atomic E-state index is 0.138. The average Bonchev–Trinajstić information content (AvgIpc) is 2.63. The Hall–Kier alpha value is -1.88. The van der Waals surface area contributed by atoms with Crippen molar-refractivity contribution in [1.29, 1.82) is 0 Å². The summed E-state index contributed by atoms with van der Waals surface area (Å²) in [6, 6.07) is 0. The van der Waals surface area contributed by atoms with Gasteiger partial charge in [0.05, 0.1) is 27.6 Å². The Labute approximate surface area is 184 Å². The number of aliphatic carboxylic acids is 1. The van der Waals surface area contributed by atoms with Crippen molar-refractivity contribution in [2.24, 2.45) is 0 Å². The summed E-state index contributed by atoms with van der Waals surface area (Å²) in [4.78, 5) is 23.0. The smallest absolute Gasteiger partial charge is 0.307 e. The zero-order valence-corrected chi connectivity index (χ0v) is 19.6. The lowest BCUT2D eigenvalue weighted by atomic mass is 10.1. The van der Waals surface area contributed by atoms with Crippen molar-refractivity contribution >= 4 is 11.9 Å². The third-order valence-electron chi connectivity index (χ3n) is 4.48. The number of unbranched alkanes of at least 4 members (excludes halogenated alkanes) is 5. The summed E-state index contributed by atoms with van der Waals surface area (Å²) in [5.41, 5.74) is 0. The predicted molar refractivity (Wildman–Crippen MR) is 124 cm³/mol. The van der Waals surface area contributed by atoms with E-state index in [1.165, 1.54) is 12.8 Å². The Balaban J connectivity index is 3.75. The van der Waals surface area contributed by atoms with Crippen molar-refractivity contribution in [1.82, 2.24) is 0 Å². The maximum Gasteiger partial charge on any atom is 0.307 e. The number of carboxylic acid groups (broad SMARTS) is 1. The van der Waals surface area contributed by atoms with Gasteiger partial charge < -0.3 is 14.3 Å². The maximum absolute atomic E-state index is 12.0. The van der Waals surface area contributed by atoms with Crippen LogP contribution in [0.5, 0.6) is 0 Å². The highest BCUT2D eigenvalue weighted by Gasteiger charge is 2.24. The number of quaternary nitrogens is 1. The van der Waals surface area contributed by atoms with Crippen molar-refractivity contribution in [3.63, 3.8) is 0 Å². The fourth-order valence-electron chi connectivity index (χ4n) is 3.08. The van der Waals surface area contributed by atoms with Crippen LogP contribution in [0.2, 0.25) is 0 Å². The number of likely N-dealkylation sites (N-methyl/N-ethyl adjacent to an activating group) is 1. The third-order valence-corrected chi connectivity index (χ3v) is 4.48. The Morgan fingerprint density at radius 1 is 0.867 bits per heavy atom. The summed E-state index contributed by atoms with van der Waals surface area (Å²) in [6.07, 6.45) is 22.4. The molecule has 172 valence electrons. The zero-order valence-electron chi connectivity index (χ0n) is 19.6. The topological polar surface area (TPSA) is 63.6 Å². The van der Waals surface area contributed by atoms with Gasteiger partial charge in [-0.25, -0.2) is 0 Å². The number of allylic oxidation sites excluding steroid dienone is 6. The summed E-state index contributed by atoms with van der Waals surface area (Å²) in [5.74, 6) is -1.22. The second-order valence-electron chi connectivity index (χ2n) is 8.78. The first kappa shape index (κ1) is 28.1. The molecule has 0 aromatic carbocycles. The van der Waals surface area contributed by atoms with Gasteiger partial charge in [-0.1, -0.05) is 62.6 Å². The van der Waals surface area contributed by atoms with Crippen LogP contribution in [0.15, 0.2) is 36.5 Å². The molecule has 0 aromatic heterocycles. The van der Waals surface area contributed by atoms with Crippen molar-refractivity contribution in [3.05, 3.63) is 36.5 Å². The number of rotatable bonds is 18. The van der Waals surface area contributed by atoms with Crippen LogP contribution >= 0.6 is 0 Å². The summed E-state index contributed by atoms with van der Waals surface area (Å²) in [5, 5.41) is 9.00. The minimum atomic E-state index is -0.935. The summed E-state index contributed by atoms with van der Waals surface area (Å²) < 4.78 is 5.96. The van der Waals surface area contributed by atoms with E-state index >= 15 is 0 Å². The zero-order chi connectivity index (χ0) is 22.7. The van der Waals surface area contributed by atoms with Crippen LogP contribution in [0.3, 0.4) is 0 Å². The standard InChI is InChI=1S/C25H43NO4/c1-5-6-7-8-9-10-11-12-13-14-15-16-17-18-19-20-25(29)30-23(21-24(27)28)22-26(2,3)4/h6-7,9-10,12-13,23H,5,8,11,14-22H2,1-4H3/p+1/b7-6-,10-9-,13-12-. The van der Waals surface area contributed by atoms with Gasteiger partial charge in [0.1, 0.15) is 6.54 Å². The Morgan fingerprint density at radius 3 is 2.03 bits per heavy atom. The lowest BCUT2D eigenvalue weighted by Crippen LogP contribution is -2.43. The molecule has 1 unspecified atom stereocenters. The quantitative estimate of drug-likeness (QED) is 0.134. The lowest BCUT2D eigenvalue weighted by molar-refractivity contribution is -0.873. The van der Waals surface area contributed by atoms with Gasteiger partial charge in [0.15, 0.2) is 6.10 Å². The number of nitrogens with zero attached hydrogens (tertiary/aromatic N) is 1. The van der Waals surface area contributed by atoms with E-state index < -0.39 is 12.1 Å². The second-order valence-corrected chi connectivity index (χ2v) is 8.78. The first-order valence-corrected chi connectivity index (χ1v) is 11.4. The molecular formula is C25H44NO4+. The molecule has 0 saturated heterocycles. The largest absolute Gasteiger partial charge is 0.481 e. The fourth-order valence-corrected chi connectivity index (χ4v) is 3.08. The van der Waals surface area contributed by atoms with Crippen molar-refractivity contribution < 1.29 is 23.9 Å². The van der Waals surface area contributed by atoms with Gasteiger partial charge in [-0.2, -0.15) is 0 Å². The molecule has 0 heterocycles. The molecule has 0 aliphatic heterocycles. The molecule has 0 amide bonds. The molecule has 0 spiro atoms. The Morgan fingerprint density at radius 2 is 1.43 bits per heavy atom. The van der Waals surface area contributed by atoms with E-state index in [0.29, 0.717) is 17.4 Å². The number of esters is 1. The number of ether oxygens (including phenoxy) is 1. The van der Waals surface area contributed by atoms with Crippen LogP contribution in [0.1, 0.15) is 77.6 Å². The highest BCUT2D eigenvalue weighted by Crippen LogP contribution is 2.11. The van der Waals surface area contributed by atoms with Crippen LogP contribution in [0, 0.1) is 0 Å². The van der Waals surface area contributed by atoms with Crippen LogP contribution < -0.4 is 0 Å². The van der Waals surface area contributed by atoms with E-state index in [0.717, 1.165) is 44.9 Å². The molecule has 0 bridgehead atoms. The molecule has 0 fully saturated rings. The monoisotopic (exact) mass is 422 g/mol. The van der Waals surface area contributed by atoms with Crippen LogP contribution in [-0.4, -0.2) is 55.3 Å². The van der Waals surface area contributed by atoms with Gasteiger partial charge in [-0.3, -0.25) is 9.59 Å². The van der Waals surface area contributed by atoms with Gasteiger partial charge in [0, 0.05) is 6.42 Å². The fraction of sp³-hybridized carbons (Fsp3) is 0.680. The molecule has 0 saturated carbocycles. The summed E-state index contributed by atoms with van der Waals surface area (Å²) in [6.45, 7) is 2.64. The maximum atomic E-state index is 12.0. The molecule has 1 atom stereocenters. The molecule has 5 nitrogen and oxygen atoms in total.